The molecule has 1 unspecified atom stereocenters. The number of hydrogen-bond donors (Lipinski definition) is 0. The lowest BCUT2D eigenvalue weighted by atomic mass is 10.2. The van der Waals surface area contributed by atoms with E-state index in [0.717, 1.165) is 61.5 Å². The molecule has 110 valence electrons. The number of alkyl halides is 1. The van der Waals surface area contributed by atoms with E-state index in [1.165, 1.54) is 0 Å². The molecular weight excluding hydrogens is 276 g/mol. The molecule has 0 saturated carbocycles. The first-order valence-corrected chi connectivity index (χ1v) is 7.86. The molecule has 1 aliphatic rings. The van der Waals surface area contributed by atoms with Crippen LogP contribution < -0.4 is 0 Å². The summed E-state index contributed by atoms with van der Waals surface area (Å²) >= 11 is 5.93. The van der Waals surface area contributed by atoms with Gasteiger partial charge in [-0.25, -0.2) is 4.98 Å². The second-order valence-electron chi connectivity index (χ2n) is 5.31. The van der Waals surface area contributed by atoms with E-state index >= 15 is 0 Å². The summed E-state index contributed by atoms with van der Waals surface area (Å²) < 4.78 is 9.96. The van der Waals surface area contributed by atoms with Gasteiger partial charge in [0, 0.05) is 26.0 Å². The van der Waals surface area contributed by atoms with Crippen LogP contribution in [0.3, 0.4) is 0 Å². The Hall–Kier alpha value is -1.07. The van der Waals surface area contributed by atoms with Crippen LogP contribution in [0, 0.1) is 0 Å². The van der Waals surface area contributed by atoms with E-state index in [9.17, 15) is 0 Å². The largest absolute Gasteiger partial charge is 0.376 e. The number of nitrogens with zero attached hydrogens (tertiary/aromatic N) is 4. The van der Waals surface area contributed by atoms with Gasteiger partial charge in [0.25, 0.3) is 0 Å². The molecule has 0 bridgehead atoms. The molecule has 5 nitrogen and oxygen atoms in total. The average Bonchev–Trinajstić information content (AvgIpc) is 3.11. The van der Waals surface area contributed by atoms with Gasteiger partial charge in [-0.3, -0.25) is 4.68 Å². The number of fused-ring (bicyclic) bond motifs is 1. The molecule has 0 spiro atoms. The molecule has 3 rings (SSSR count). The second kappa shape index (κ2) is 5.74. The van der Waals surface area contributed by atoms with E-state index in [4.69, 9.17) is 21.3 Å². The zero-order valence-corrected chi connectivity index (χ0v) is 12.9. The molecule has 0 aromatic carbocycles. The quantitative estimate of drug-likeness (QED) is 0.795. The van der Waals surface area contributed by atoms with Gasteiger partial charge in [0.05, 0.1) is 18.3 Å². The summed E-state index contributed by atoms with van der Waals surface area (Å²) in [5, 5.41) is 4.56. The van der Waals surface area contributed by atoms with Crippen molar-refractivity contribution in [2.75, 3.05) is 12.5 Å². The highest BCUT2D eigenvalue weighted by molar-refractivity contribution is 6.17. The van der Waals surface area contributed by atoms with E-state index in [0.29, 0.717) is 12.0 Å². The summed E-state index contributed by atoms with van der Waals surface area (Å²) in [5.41, 5.74) is 3.18. The third-order valence-electron chi connectivity index (χ3n) is 3.93. The molecule has 2 aromatic heterocycles. The van der Waals surface area contributed by atoms with Crippen molar-refractivity contribution in [2.45, 2.75) is 45.3 Å². The number of hydrogen-bond acceptors (Lipinski definition) is 3. The fourth-order valence-electron chi connectivity index (χ4n) is 2.98. The summed E-state index contributed by atoms with van der Waals surface area (Å²) in [6.45, 7) is 3.84. The van der Waals surface area contributed by atoms with Gasteiger partial charge in [-0.15, -0.1) is 11.6 Å². The molecule has 2 aromatic rings. The number of aromatic nitrogens is 4. The molecular formula is C14H21ClN4O. The minimum atomic E-state index is 0.293. The lowest BCUT2D eigenvalue weighted by Crippen LogP contribution is -2.18. The van der Waals surface area contributed by atoms with E-state index in [1.807, 2.05) is 11.7 Å². The molecule has 1 aliphatic heterocycles. The average molecular weight is 297 g/mol. The Balaban J connectivity index is 2.05. The Morgan fingerprint density at radius 3 is 2.95 bits per heavy atom. The maximum absolute atomic E-state index is 5.93. The molecule has 0 N–H and O–H groups in total. The van der Waals surface area contributed by atoms with Crippen molar-refractivity contribution < 1.29 is 4.74 Å². The highest BCUT2D eigenvalue weighted by atomic mass is 35.5. The summed E-state index contributed by atoms with van der Waals surface area (Å²) in [6, 6.07) is 0. The van der Waals surface area contributed by atoms with Crippen LogP contribution in [0.5, 0.6) is 0 Å². The maximum Gasteiger partial charge on any atom is 0.158 e. The van der Waals surface area contributed by atoms with Crippen LogP contribution in [0.15, 0.2) is 0 Å². The topological polar surface area (TPSA) is 44.9 Å². The van der Waals surface area contributed by atoms with E-state index in [1.54, 1.807) is 0 Å². The molecule has 1 saturated heterocycles. The first-order valence-electron chi connectivity index (χ1n) is 7.33. The van der Waals surface area contributed by atoms with Gasteiger partial charge < -0.3 is 9.30 Å². The van der Waals surface area contributed by atoms with E-state index in [2.05, 4.69) is 16.6 Å². The first kappa shape index (κ1) is 13.9. The SMILES string of the molecule is CCc1nn(C)c2c1nc(CCCl)n2CC1CCCO1. The summed E-state index contributed by atoms with van der Waals surface area (Å²) in [5.74, 6) is 1.64. The third kappa shape index (κ3) is 2.33. The Morgan fingerprint density at radius 2 is 2.30 bits per heavy atom. The third-order valence-corrected chi connectivity index (χ3v) is 4.12. The molecule has 0 aliphatic carbocycles. The first-order chi connectivity index (χ1) is 9.74. The number of halogens is 1. The predicted octanol–water partition coefficient (Wildman–Crippen LogP) is 2.29. The van der Waals surface area contributed by atoms with Crippen molar-refractivity contribution in [3.05, 3.63) is 11.5 Å². The van der Waals surface area contributed by atoms with Crippen LogP contribution in [0.2, 0.25) is 0 Å². The zero-order valence-electron chi connectivity index (χ0n) is 12.1. The van der Waals surface area contributed by atoms with Crippen LogP contribution in [0.25, 0.3) is 11.2 Å². The van der Waals surface area contributed by atoms with Gasteiger partial charge in [-0.1, -0.05) is 6.92 Å². The Bertz CT molecular complexity index is 598. The standard InChI is InChI=1S/C14H21ClN4O/c1-3-11-13-14(18(2)17-11)19(12(16-13)6-7-15)9-10-5-4-8-20-10/h10H,3-9H2,1-2H3. The Labute approximate surface area is 123 Å². The lowest BCUT2D eigenvalue weighted by molar-refractivity contribution is 0.0970. The summed E-state index contributed by atoms with van der Waals surface area (Å²) in [7, 11) is 1.99. The fraction of sp³-hybridized carbons (Fsp3) is 0.714. The molecule has 20 heavy (non-hydrogen) atoms. The van der Waals surface area contributed by atoms with Gasteiger partial charge in [0.15, 0.2) is 5.65 Å². The maximum atomic E-state index is 5.93. The van der Waals surface area contributed by atoms with Crippen LogP contribution in [0.4, 0.5) is 0 Å². The fourth-order valence-corrected chi connectivity index (χ4v) is 3.15. The van der Waals surface area contributed by atoms with Crippen molar-refractivity contribution in [2.24, 2.45) is 7.05 Å². The van der Waals surface area contributed by atoms with Gasteiger partial charge in [0.2, 0.25) is 0 Å². The van der Waals surface area contributed by atoms with Crippen molar-refractivity contribution in [3.8, 4) is 0 Å². The minimum Gasteiger partial charge on any atom is -0.376 e. The smallest absolute Gasteiger partial charge is 0.158 e. The number of imidazole rings is 1. The molecule has 1 fully saturated rings. The van der Waals surface area contributed by atoms with E-state index < -0.39 is 0 Å². The van der Waals surface area contributed by atoms with Crippen LogP contribution in [-0.2, 0) is 31.2 Å². The minimum absolute atomic E-state index is 0.293. The highest BCUT2D eigenvalue weighted by Gasteiger charge is 2.22. The Morgan fingerprint density at radius 1 is 1.45 bits per heavy atom. The summed E-state index contributed by atoms with van der Waals surface area (Å²) in [6.07, 6.45) is 4.25. The molecule has 0 amide bonds. The van der Waals surface area contributed by atoms with Gasteiger partial charge in [-0.2, -0.15) is 5.10 Å². The van der Waals surface area contributed by atoms with Crippen molar-refractivity contribution in [1.29, 1.82) is 0 Å². The molecule has 0 radical (unpaired) electrons. The number of ether oxygens (including phenoxy) is 1. The lowest BCUT2D eigenvalue weighted by Gasteiger charge is -2.13. The molecule has 6 heteroatoms. The predicted molar refractivity (Wildman–Crippen MR) is 79.3 cm³/mol. The molecule has 1 atom stereocenters. The highest BCUT2D eigenvalue weighted by Crippen LogP contribution is 2.23. The normalized spacial score (nSPS) is 19.2. The molecule has 3 heterocycles. The van der Waals surface area contributed by atoms with Crippen LogP contribution in [0.1, 0.15) is 31.3 Å². The summed E-state index contributed by atoms with van der Waals surface area (Å²) in [4.78, 5) is 4.78. The van der Waals surface area contributed by atoms with Crippen molar-refractivity contribution >= 4 is 22.8 Å². The second-order valence-corrected chi connectivity index (χ2v) is 5.69. The van der Waals surface area contributed by atoms with Crippen molar-refractivity contribution in [3.63, 3.8) is 0 Å². The zero-order chi connectivity index (χ0) is 14.1. The number of rotatable bonds is 5. The van der Waals surface area contributed by atoms with Gasteiger partial charge >= 0.3 is 0 Å². The van der Waals surface area contributed by atoms with Crippen LogP contribution in [-0.4, -0.2) is 37.9 Å². The van der Waals surface area contributed by atoms with E-state index in [-0.39, 0.29) is 0 Å². The van der Waals surface area contributed by atoms with Gasteiger partial charge in [-0.05, 0) is 19.3 Å². The monoisotopic (exact) mass is 296 g/mol. The number of aryl methyl sites for hydroxylation is 3. The van der Waals surface area contributed by atoms with Crippen molar-refractivity contribution in [1.82, 2.24) is 19.3 Å². The Kier molecular flexibility index (Phi) is 3.98. The van der Waals surface area contributed by atoms with Crippen LogP contribution >= 0.6 is 11.6 Å². The van der Waals surface area contributed by atoms with Gasteiger partial charge in [0.1, 0.15) is 11.3 Å².